The molecule has 0 bridgehead atoms. The lowest BCUT2D eigenvalue weighted by Gasteiger charge is -2.05. The minimum atomic E-state index is -0.216. The standard InChI is InChI=1S/C20H21FN2OS/c21-16-7-9-17(10-8-16)25-13-3-12-22-20(24)11-6-15-14-23-19-5-2-1-4-18(15)19/h1-2,4-5,7-10,14,23H,3,6,11-13H2,(H,22,24). The van der Waals surface area contributed by atoms with Crippen molar-refractivity contribution in [2.24, 2.45) is 0 Å². The fourth-order valence-corrected chi connectivity index (χ4v) is 3.55. The van der Waals surface area contributed by atoms with E-state index in [1.165, 1.54) is 23.1 Å². The van der Waals surface area contributed by atoms with Crippen molar-refractivity contribution in [2.45, 2.75) is 24.2 Å². The Morgan fingerprint density at radius 1 is 1.12 bits per heavy atom. The Morgan fingerprint density at radius 2 is 1.92 bits per heavy atom. The lowest BCUT2D eigenvalue weighted by atomic mass is 10.1. The van der Waals surface area contributed by atoms with Gasteiger partial charge in [-0.3, -0.25) is 4.79 Å². The third-order valence-corrected chi connectivity index (χ3v) is 5.12. The molecule has 0 spiro atoms. The number of carbonyl (C=O) groups excluding carboxylic acids is 1. The van der Waals surface area contributed by atoms with E-state index in [9.17, 15) is 9.18 Å². The van der Waals surface area contributed by atoms with Crippen LogP contribution in [0, 0.1) is 5.82 Å². The number of fused-ring (bicyclic) bond motifs is 1. The lowest BCUT2D eigenvalue weighted by molar-refractivity contribution is -0.121. The van der Waals surface area contributed by atoms with Gasteiger partial charge >= 0.3 is 0 Å². The van der Waals surface area contributed by atoms with Gasteiger partial charge in [0, 0.05) is 35.0 Å². The van der Waals surface area contributed by atoms with E-state index in [-0.39, 0.29) is 11.7 Å². The van der Waals surface area contributed by atoms with Crippen molar-refractivity contribution in [1.29, 1.82) is 0 Å². The molecule has 0 saturated heterocycles. The second kappa shape index (κ2) is 8.72. The summed E-state index contributed by atoms with van der Waals surface area (Å²) >= 11 is 1.67. The predicted molar refractivity (Wildman–Crippen MR) is 101 cm³/mol. The van der Waals surface area contributed by atoms with E-state index in [1.807, 2.05) is 24.4 Å². The van der Waals surface area contributed by atoms with Crippen LogP contribution in [0.5, 0.6) is 0 Å². The van der Waals surface area contributed by atoms with E-state index in [2.05, 4.69) is 16.4 Å². The lowest BCUT2D eigenvalue weighted by Crippen LogP contribution is -2.24. The smallest absolute Gasteiger partial charge is 0.220 e. The number of amides is 1. The number of aryl methyl sites for hydroxylation is 1. The Bertz CT molecular complexity index is 829. The van der Waals surface area contributed by atoms with Gasteiger partial charge in [-0.25, -0.2) is 4.39 Å². The van der Waals surface area contributed by atoms with Crippen molar-refractivity contribution >= 4 is 28.6 Å². The van der Waals surface area contributed by atoms with Crippen molar-refractivity contribution in [3.63, 3.8) is 0 Å². The highest BCUT2D eigenvalue weighted by atomic mass is 32.2. The third kappa shape index (κ3) is 5.10. The Hall–Kier alpha value is -2.27. The van der Waals surface area contributed by atoms with Gasteiger partial charge in [0.2, 0.25) is 5.91 Å². The highest BCUT2D eigenvalue weighted by Gasteiger charge is 2.06. The fourth-order valence-electron chi connectivity index (χ4n) is 2.70. The maximum atomic E-state index is 12.8. The molecule has 3 nitrogen and oxygen atoms in total. The van der Waals surface area contributed by atoms with Crippen molar-refractivity contribution in [2.75, 3.05) is 12.3 Å². The van der Waals surface area contributed by atoms with Crippen LogP contribution in [-0.4, -0.2) is 23.2 Å². The SMILES string of the molecule is O=C(CCc1c[nH]c2ccccc12)NCCCSc1ccc(F)cc1. The van der Waals surface area contributed by atoms with Crippen molar-refractivity contribution in [3.8, 4) is 0 Å². The topological polar surface area (TPSA) is 44.9 Å². The quantitative estimate of drug-likeness (QED) is 0.460. The molecule has 1 heterocycles. The molecular formula is C20H21FN2OS. The van der Waals surface area contributed by atoms with Crippen molar-refractivity contribution < 1.29 is 9.18 Å². The average molecular weight is 356 g/mol. The minimum Gasteiger partial charge on any atom is -0.361 e. The molecule has 0 fully saturated rings. The van der Waals surface area contributed by atoms with E-state index in [1.54, 1.807) is 23.9 Å². The molecule has 0 aliphatic carbocycles. The minimum absolute atomic E-state index is 0.0806. The van der Waals surface area contributed by atoms with Crippen LogP contribution in [0.1, 0.15) is 18.4 Å². The molecule has 0 unspecified atom stereocenters. The number of hydrogen-bond acceptors (Lipinski definition) is 2. The summed E-state index contributed by atoms with van der Waals surface area (Å²) in [7, 11) is 0. The number of para-hydroxylation sites is 1. The third-order valence-electron chi connectivity index (χ3n) is 4.02. The maximum Gasteiger partial charge on any atom is 0.220 e. The highest BCUT2D eigenvalue weighted by Crippen LogP contribution is 2.19. The van der Waals surface area contributed by atoms with Gasteiger partial charge in [0.1, 0.15) is 5.82 Å². The zero-order valence-corrected chi connectivity index (χ0v) is 14.7. The van der Waals surface area contributed by atoms with Gasteiger partial charge < -0.3 is 10.3 Å². The number of H-pyrrole nitrogens is 1. The summed E-state index contributed by atoms with van der Waals surface area (Å²) in [5.41, 5.74) is 2.29. The second-order valence-corrected chi connectivity index (χ2v) is 7.03. The summed E-state index contributed by atoms with van der Waals surface area (Å²) in [6.07, 6.45) is 4.10. The first-order valence-corrected chi connectivity index (χ1v) is 9.41. The van der Waals surface area contributed by atoms with Crippen LogP contribution in [0.15, 0.2) is 59.6 Å². The highest BCUT2D eigenvalue weighted by molar-refractivity contribution is 7.99. The Labute approximate surface area is 151 Å². The number of halogens is 1. The Balaban J connectivity index is 1.33. The Morgan fingerprint density at radius 3 is 2.76 bits per heavy atom. The molecule has 0 radical (unpaired) electrons. The van der Waals surface area contributed by atoms with Gasteiger partial charge in [-0.05, 0) is 54.5 Å². The van der Waals surface area contributed by atoms with E-state index in [0.717, 1.165) is 29.0 Å². The predicted octanol–water partition coefficient (Wildman–Crippen LogP) is 4.54. The largest absolute Gasteiger partial charge is 0.361 e. The number of thioether (sulfide) groups is 1. The first kappa shape index (κ1) is 17.5. The zero-order valence-electron chi connectivity index (χ0n) is 13.9. The van der Waals surface area contributed by atoms with E-state index < -0.39 is 0 Å². The molecule has 0 aliphatic rings. The summed E-state index contributed by atoms with van der Waals surface area (Å²) in [5, 5.41) is 4.15. The summed E-state index contributed by atoms with van der Waals surface area (Å²) in [6, 6.07) is 14.6. The van der Waals surface area contributed by atoms with Crippen LogP contribution in [0.2, 0.25) is 0 Å². The molecule has 1 amide bonds. The van der Waals surface area contributed by atoms with Crippen molar-refractivity contribution in [3.05, 3.63) is 66.1 Å². The Kier molecular flexibility index (Phi) is 6.12. The number of aromatic amines is 1. The molecule has 3 aromatic rings. The zero-order chi connectivity index (χ0) is 17.5. The summed E-state index contributed by atoms with van der Waals surface area (Å²) in [4.78, 5) is 16.3. The number of benzene rings is 2. The molecule has 2 aromatic carbocycles. The summed E-state index contributed by atoms with van der Waals surface area (Å²) in [5.74, 6) is 0.762. The molecule has 3 rings (SSSR count). The van der Waals surface area contributed by atoms with Gasteiger partial charge in [-0.2, -0.15) is 0 Å². The molecule has 0 saturated carbocycles. The molecule has 0 atom stereocenters. The normalized spacial score (nSPS) is 10.9. The van der Waals surface area contributed by atoms with Crippen LogP contribution >= 0.6 is 11.8 Å². The van der Waals surface area contributed by atoms with Gasteiger partial charge in [-0.1, -0.05) is 18.2 Å². The molecular weight excluding hydrogens is 335 g/mol. The van der Waals surface area contributed by atoms with Crippen LogP contribution in [0.25, 0.3) is 10.9 Å². The first-order chi connectivity index (χ1) is 12.2. The number of nitrogens with one attached hydrogen (secondary N) is 2. The molecule has 25 heavy (non-hydrogen) atoms. The molecule has 1 aromatic heterocycles. The van der Waals surface area contributed by atoms with Crippen LogP contribution in [0.3, 0.4) is 0 Å². The average Bonchev–Trinajstić information content (AvgIpc) is 3.04. The fraction of sp³-hybridized carbons (Fsp3) is 0.250. The molecule has 2 N–H and O–H groups in total. The summed E-state index contributed by atoms with van der Waals surface area (Å²) in [6.45, 7) is 0.668. The van der Waals surface area contributed by atoms with E-state index >= 15 is 0 Å². The van der Waals surface area contributed by atoms with Crippen LogP contribution in [0.4, 0.5) is 4.39 Å². The van der Waals surface area contributed by atoms with Gasteiger partial charge in [0.05, 0.1) is 0 Å². The first-order valence-electron chi connectivity index (χ1n) is 8.42. The van der Waals surface area contributed by atoms with Crippen molar-refractivity contribution in [1.82, 2.24) is 10.3 Å². The molecule has 5 heteroatoms. The van der Waals surface area contributed by atoms with Crippen LogP contribution < -0.4 is 5.32 Å². The van der Waals surface area contributed by atoms with Gasteiger partial charge in [-0.15, -0.1) is 11.8 Å². The maximum absolute atomic E-state index is 12.8. The summed E-state index contributed by atoms with van der Waals surface area (Å²) < 4.78 is 12.8. The number of hydrogen-bond donors (Lipinski definition) is 2. The number of aromatic nitrogens is 1. The molecule has 130 valence electrons. The van der Waals surface area contributed by atoms with E-state index in [0.29, 0.717) is 13.0 Å². The van der Waals surface area contributed by atoms with Gasteiger partial charge in [0.25, 0.3) is 0 Å². The second-order valence-electron chi connectivity index (χ2n) is 5.87. The molecule has 0 aliphatic heterocycles. The monoisotopic (exact) mass is 356 g/mol. The van der Waals surface area contributed by atoms with Crippen LogP contribution in [-0.2, 0) is 11.2 Å². The van der Waals surface area contributed by atoms with E-state index in [4.69, 9.17) is 0 Å². The number of carbonyl (C=O) groups is 1. The number of rotatable bonds is 8. The van der Waals surface area contributed by atoms with Gasteiger partial charge in [0.15, 0.2) is 0 Å².